The van der Waals surface area contributed by atoms with Gasteiger partial charge in [0.2, 0.25) is 0 Å². The highest BCUT2D eigenvalue weighted by Gasteiger charge is 2.24. The van der Waals surface area contributed by atoms with Crippen molar-refractivity contribution in [2.24, 2.45) is 5.10 Å². The average molecular weight is 491 g/mol. The number of hydrogen-bond donors (Lipinski definition) is 2. The molecule has 2 aromatic heterocycles. The predicted molar refractivity (Wildman–Crippen MR) is 140 cm³/mol. The van der Waals surface area contributed by atoms with Crippen molar-refractivity contribution in [1.82, 2.24) is 20.0 Å². The molecule has 0 unspecified atom stereocenters. The van der Waals surface area contributed by atoms with Crippen LogP contribution in [0.2, 0.25) is 0 Å². The zero-order valence-corrected chi connectivity index (χ0v) is 20.8. The monoisotopic (exact) mass is 490 g/mol. The Morgan fingerprint density at radius 2 is 1.86 bits per heavy atom. The standard InChI is InChI=1S/C26H30N6O4/c1-16(2)36-14-8-13-28-26(33)21-22-25(31-19-11-6-5-10-18(19)30-22)32(24(21)27)29-15-17-9-7-12-20(34-3)23(17)35-4/h5-7,9-12,15-16H,8,13-14,27H2,1-4H3,(H,28,33). The molecule has 0 spiro atoms. The molecule has 2 aromatic carbocycles. The molecule has 0 bridgehead atoms. The number of nitrogens with zero attached hydrogens (tertiary/aromatic N) is 4. The van der Waals surface area contributed by atoms with E-state index >= 15 is 0 Å². The van der Waals surface area contributed by atoms with Gasteiger partial charge >= 0.3 is 0 Å². The van der Waals surface area contributed by atoms with Crippen LogP contribution in [0.3, 0.4) is 0 Å². The third-order valence-corrected chi connectivity index (χ3v) is 5.50. The van der Waals surface area contributed by atoms with Crippen molar-refractivity contribution in [2.75, 3.05) is 33.1 Å². The van der Waals surface area contributed by atoms with E-state index in [2.05, 4.69) is 10.4 Å². The highest BCUT2D eigenvalue weighted by atomic mass is 16.5. The van der Waals surface area contributed by atoms with E-state index in [1.54, 1.807) is 26.5 Å². The largest absolute Gasteiger partial charge is 0.493 e. The summed E-state index contributed by atoms with van der Waals surface area (Å²) in [6.45, 7) is 4.92. The maximum absolute atomic E-state index is 13.2. The van der Waals surface area contributed by atoms with Crippen molar-refractivity contribution in [3.8, 4) is 11.5 Å². The van der Waals surface area contributed by atoms with Gasteiger partial charge in [0.1, 0.15) is 16.9 Å². The van der Waals surface area contributed by atoms with Crippen LogP contribution < -0.4 is 20.5 Å². The number of aromatic nitrogens is 3. The maximum atomic E-state index is 13.2. The molecule has 1 amide bonds. The first-order valence-corrected chi connectivity index (χ1v) is 11.7. The van der Waals surface area contributed by atoms with Crippen molar-refractivity contribution < 1.29 is 19.0 Å². The number of nitrogen functional groups attached to an aromatic ring is 1. The summed E-state index contributed by atoms with van der Waals surface area (Å²) in [7, 11) is 3.12. The van der Waals surface area contributed by atoms with Gasteiger partial charge in [0.25, 0.3) is 5.91 Å². The van der Waals surface area contributed by atoms with Crippen molar-refractivity contribution in [1.29, 1.82) is 0 Å². The van der Waals surface area contributed by atoms with Crippen LogP contribution in [0.1, 0.15) is 36.2 Å². The Morgan fingerprint density at radius 1 is 1.11 bits per heavy atom. The summed E-state index contributed by atoms with van der Waals surface area (Å²) >= 11 is 0. The van der Waals surface area contributed by atoms with E-state index in [0.717, 1.165) is 0 Å². The summed E-state index contributed by atoms with van der Waals surface area (Å²) in [4.78, 5) is 22.6. The van der Waals surface area contributed by atoms with Gasteiger partial charge in [-0.15, -0.1) is 0 Å². The number of anilines is 1. The number of carbonyl (C=O) groups is 1. The number of ether oxygens (including phenoxy) is 3. The molecule has 0 atom stereocenters. The van der Waals surface area contributed by atoms with Gasteiger partial charge in [-0.3, -0.25) is 4.79 Å². The van der Waals surface area contributed by atoms with Crippen LogP contribution in [0.4, 0.5) is 5.82 Å². The van der Waals surface area contributed by atoms with E-state index in [0.29, 0.717) is 58.8 Å². The highest BCUT2D eigenvalue weighted by Crippen LogP contribution is 2.31. The fraction of sp³-hybridized carbons (Fsp3) is 0.308. The van der Waals surface area contributed by atoms with Gasteiger partial charge in [-0.05, 0) is 44.5 Å². The van der Waals surface area contributed by atoms with E-state index in [4.69, 9.17) is 29.9 Å². The normalized spacial score (nSPS) is 11.6. The number of rotatable bonds is 10. The molecule has 36 heavy (non-hydrogen) atoms. The van der Waals surface area contributed by atoms with E-state index < -0.39 is 0 Å². The molecule has 0 aliphatic heterocycles. The number of fused-ring (bicyclic) bond motifs is 2. The summed E-state index contributed by atoms with van der Waals surface area (Å²) in [6, 6.07) is 12.9. The number of carbonyl (C=O) groups excluding carboxylic acids is 1. The average Bonchev–Trinajstić information content (AvgIpc) is 3.14. The molecule has 10 heteroatoms. The molecule has 0 radical (unpaired) electrons. The van der Waals surface area contributed by atoms with Crippen LogP contribution in [0.25, 0.3) is 22.2 Å². The molecule has 0 aliphatic carbocycles. The van der Waals surface area contributed by atoms with E-state index in [-0.39, 0.29) is 23.4 Å². The molecule has 188 valence electrons. The van der Waals surface area contributed by atoms with Crippen LogP contribution in [0.5, 0.6) is 11.5 Å². The summed E-state index contributed by atoms with van der Waals surface area (Å²) < 4.78 is 17.8. The van der Waals surface area contributed by atoms with Gasteiger partial charge in [-0.2, -0.15) is 9.78 Å². The van der Waals surface area contributed by atoms with Crippen LogP contribution in [0, 0.1) is 0 Å². The number of amides is 1. The minimum Gasteiger partial charge on any atom is -0.493 e. The number of hydrogen-bond acceptors (Lipinski definition) is 8. The van der Waals surface area contributed by atoms with Gasteiger partial charge in [-0.25, -0.2) is 9.97 Å². The van der Waals surface area contributed by atoms with Crippen molar-refractivity contribution in [2.45, 2.75) is 26.4 Å². The predicted octanol–water partition coefficient (Wildman–Crippen LogP) is 3.61. The topological polar surface area (TPSA) is 126 Å². The number of nitrogens with two attached hydrogens (primary N) is 1. The fourth-order valence-electron chi connectivity index (χ4n) is 3.80. The zero-order chi connectivity index (χ0) is 25.7. The number of methoxy groups -OCH3 is 2. The van der Waals surface area contributed by atoms with E-state index in [1.807, 2.05) is 50.2 Å². The Hall–Kier alpha value is -4.18. The van der Waals surface area contributed by atoms with Gasteiger partial charge in [0.05, 0.1) is 37.6 Å². The Bertz CT molecular complexity index is 1410. The molecular formula is C26H30N6O4. The molecule has 0 saturated heterocycles. The minimum absolute atomic E-state index is 0.134. The smallest absolute Gasteiger partial charge is 0.257 e. The molecular weight excluding hydrogens is 460 g/mol. The number of nitrogens with one attached hydrogen (secondary N) is 1. The molecule has 10 nitrogen and oxygen atoms in total. The van der Waals surface area contributed by atoms with Crippen molar-refractivity contribution in [3.05, 3.63) is 53.6 Å². The third kappa shape index (κ3) is 5.08. The Labute approximate surface area is 209 Å². The van der Waals surface area contributed by atoms with Crippen LogP contribution >= 0.6 is 0 Å². The van der Waals surface area contributed by atoms with Gasteiger partial charge in [-0.1, -0.05) is 18.2 Å². The van der Waals surface area contributed by atoms with Crippen molar-refractivity contribution in [3.63, 3.8) is 0 Å². The lowest BCUT2D eigenvalue weighted by molar-refractivity contribution is 0.0757. The molecule has 2 heterocycles. The second kappa shape index (κ2) is 11.0. The minimum atomic E-state index is -0.348. The second-order valence-corrected chi connectivity index (χ2v) is 8.31. The SMILES string of the molecule is COc1cccc(C=Nn2c(N)c(C(=O)NCCCOC(C)C)c3nc4ccccc4nc32)c1OC. The summed E-state index contributed by atoms with van der Waals surface area (Å²) in [5.74, 6) is 0.880. The summed E-state index contributed by atoms with van der Waals surface area (Å²) in [5, 5.41) is 7.46. The summed E-state index contributed by atoms with van der Waals surface area (Å²) in [6.07, 6.45) is 2.39. The maximum Gasteiger partial charge on any atom is 0.257 e. The van der Waals surface area contributed by atoms with E-state index in [1.165, 1.54) is 4.68 Å². The molecule has 3 N–H and O–H groups in total. The number of para-hydroxylation sites is 3. The van der Waals surface area contributed by atoms with Gasteiger partial charge in [0, 0.05) is 18.7 Å². The summed E-state index contributed by atoms with van der Waals surface area (Å²) in [5.41, 5.74) is 9.42. The molecule has 4 aromatic rings. The van der Waals surface area contributed by atoms with Crippen LogP contribution in [-0.4, -0.2) is 60.2 Å². The molecule has 0 saturated carbocycles. The van der Waals surface area contributed by atoms with Gasteiger partial charge in [0.15, 0.2) is 17.1 Å². The lowest BCUT2D eigenvalue weighted by Gasteiger charge is -2.09. The Balaban J connectivity index is 1.75. The first-order chi connectivity index (χ1) is 17.4. The first kappa shape index (κ1) is 24.9. The quantitative estimate of drug-likeness (QED) is 0.257. The van der Waals surface area contributed by atoms with Crippen LogP contribution in [0.15, 0.2) is 47.6 Å². The molecule has 0 fully saturated rings. The fourth-order valence-corrected chi connectivity index (χ4v) is 3.80. The van der Waals surface area contributed by atoms with Crippen molar-refractivity contribution >= 4 is 40.1 Å². The Morgan fingerprint density at radius 3 is 2.56 bits per heavy atom. The molecule has 4 rings (SSSR count). The lowest BCUT2D eigenvalue weighted by Crippen LogP contribution is -2.26. The van der Waals surface area contributed by atoms with Crippen LogP contribution in [-0.2, 0) is 4.74 Å². The van der Waals surface area contributed by atoms with E-state index in [9.17, 15) is 4.79 Å². The first-order valence-electron chi connectivity index (χ1n) is 11.7. The zero-order valence-electron chi connectivity index (χ0n) is 20.8. The third-order valence-electron chi connectivity index (χ3n) is 5.50. The van der Waals surface area contributed by atoms with Gasteiger partial charge < -0.3 is 25.3 Å². The Kier molecular flexibility index (Phi) is 7.65. The highest BCUT2D eigenvalue weighted by molar-refractivity contribution is 6.10. The second-order valence-electron chi connectivity index (χ2n) is 8.31. The molecule has 0 aliphatic rings. The number of benzene rings is 2. The lowest BCUT2D eigenvalue weighted by atomic mass is 10.2.